The molecule has 2 bridgehead atoms. The molecule has 4 aliphatic rings. The molecule has 23 heavy (non-hydrogen) atoms. The summed E-state index contributed by atoms with van der Waals surface area (Å²) in [5.74, 6) is -0.347. The normalized spacial score (nSPS) is 35.7. The minimum atomic E-state index is -0.235. The van der Waals surface area contributed by atoms with Crippen LogP contribution in [0, 0.1) is 29.1 Å². The van der Waals surface area contributed by atoms with E-state index < -0.39 is 0 Å². The second kappa shape index (κ2) is 4.10. The van der Waals surface area contributed by atoms with Gasteiger partial charge in [0.25, 0.3) is 11.8 Å². The van der Waals surface area contributed by atoms with Gasteiger partial charge in [-0.1, -0.05) is 24.3 Å². The van der Waals surface area contributed by atoms with Crippen LogP contribution in [0.1, 0.15) is 18.4 Å². The number of benzene rings is 1. The number of phenols is 1. The summed E-state index contributed by atoms with van der Waals surface area (Å²) in [4.78, 5) is 25.4. The fraction of sp³-hybridized carbons (Fsp3) is 0.389. The molecule has 0 radical (unpaired) electrons. The van der Waals surface area contributed by atoms with Crippen molar-refractivity contribution in [3.63, 3.8) is 0 Å². The van der Waals surface area contributed by atoms with Crippen molar-refractivity contribution < 1.29 is 14.7 Å². The van der Waals surface area contributed by atoms with E-state index in [-0.39, 0.29) is 46.7 Å². The lowest BCUT2D eigenvalue weighted by molar-refractivity contribution is -0.141. The average Bonchev–Trinajstić information content (AvgIpc) is 3.15. The minimum Gasteiger partial charge on any atom is -0.507 e. The Morgan fingerprint density at radius 3 is 2.26 bits per heavy atom. The number of hydrogen-bond donors (Lipinski definition) is 1. The second-order valence-electron chi connectivity index (χ2n) is 7.01. The minimum absolute atomic E-state index is 0.0780. The molecule has 1 heterocycles. The zero-order valence-corrected chi connectivity index (χ0v) is 12.4. The number of carbonyl (C=O) groups excluding carboxylic acids is 2. The van der Waals surface area contributed by atoms with Gasteiger partial charge in [0.2, 0.25) is 0 Å². The van der Waals surface area contributed by atoms with Crippen molar-refractivity contribution in [2.45, 2.75) is 12.8 Å². The average molecular weight is 308 g/mol. The van der Waals surface area contributed by atoms with Crippen LogP contribution in [0.5, 0.6) is 5.75 Å². The summed E-state index contributed by atoms with van der Waals surface area (Å²) in [6.45, 7) is 0. The molecule has 5 rings (SSSR count). The van der Waals surface area contributed by atoms with Gasteiger partial charge in [0.05, 0.1) is 18.1 Å². The third-order valence-electron chi connectivity index (χ3n) is 6.08. The van der Waals surface area contributed by atoms with Gasteiger partial charge < -0.3 is 5.11 Å². The molecule has 3 aliphatic carbocycles. The predicted molar refractivity (Wildman–Crippen MR) is 82.3 cm³/mol. The Balaban J connectivity index is 1.46. The molecule has 2 amide bonds. The molecule has 0 aromatic heterocycles. The molecule has 1 aromatic rings. The standard InChI is InChI=1S/C18H16N2O3/c21-13-4-2-1-3-10(13)9-19-20-16(22)14-11-5-6-12(15(14)17(20)23)18(11)7-8-18/h1-6,9,11-12,14-15,21H,7-8H2/b19-9-/t11-,12-,14-,15+/m0/s1. The van der Waals surface area contributed by atoms with E-state index >= 15 is 0 Å². The van der Waals surface area contributed by atoms with Crippen molar-refractivity contribution in [3.05, 3.63) is 42.0 Å². The third-order valence-corrected chi connectivity index (χ3v) is 6.08. The van der Waals surface area contributed by atoms with E-state index in [1.165, 1.54) is 6.21 Å². The van der Waals surface area contributed by atoms with E-state index in [0.29, 0.717) is 5.56 Å². The number of allylic oxidation sites excluding steroid dienone is 2. The van der Waals surface area contributed by atoms with E-state index in [4.69, 9.17) is 0 Å². The number of hydrogen-bond acceptors (Lipinski definition) is 4. The summed E-state index contributed by atoms with van der Waals surface area (Å²) in [6.07, 6.45) is 7.92. The lowest BCUT2D eigenvalue weighted by atomic mass is 9.85. The first-order valence-electron chi connectivity index (χ1n) is 8.02. The number of hydrazone groups is 1. The number of imide groups is 1. The molecule has 1 spiro atoms. The van der Waals surface area contributed by atoms with Crippen molar-refractivity contribution in [2.24, 2.45) is 34.2 Å². The number of amides is 2. The highest BCUT2D eigenvalue weighted by Crippen LogP contribution is 2.73. The summed E-state index contributed by atoms with van der Waals surface area (Å²) in [7, 11) is 0. The number of aromatic hydroxyl groups is 1. The first kappa shape index (κ1) is 13.0. The molecule has 1 saturated heterocycles. The van der Waals surface area contributed by atoms with Crippen LogP contribution in [-0.4, -0.2) is 28.1 Å². The van der Waals surface area contributed by atoms with Crippen LogP contribution in [-0.2, 0) is 9.59 Å². The fourth-order valence-electron chi connectivity index (χ4n) is 4.89. The summed E-state index contributed by atoms with van der Waals surface area (Å²) in [5, 5.41) is 14.9. The second-order valence-corrected chi connectivity index (χ2v) is 7.01. The van der Waals surface area contributed by atoms with Crippen LogP contribution in [0.3, 0.4) is 0 Å². The quantitative estimate of drug-likeness (QED) is 0.515. The maximum atomic E-state index is 12.7. The van der Waals surface area contributed by atoms with Gasteiger partial charge >= 0.3 is 0 Å². The maximum absolute atomic E-state index is 12.7. The van der Waals surface area contributed by atoms with Crippen LogP contribution in [0.25, 0.3) is 0 Å². The Hall–Kier alpha value is -2.43. The predicted octanol–water partition coefficient (Wildman–Crippen LogP) is 1.92. The Morgan fingerprint density at radius 1 is 1.09 bits per heavy atom. The molecule has 5 nitrogen and oxygen atoms in total. The van der Waals surface area contributed by atoms with E-state index in [2.05, 4.69) is 17.3 Å². The van der Waals surface area contributed by atoms with Crippen LogP contribution < -0.4 is 0 Å². The molecule has 2 saturated carbocycles. The molecule has 4 atom stereocenters. The Morgan fingerprint density at radius 2 is 1.70 bits per heavy atom. The van der Waals surface area contributed by atoms with Gasteiger partial charge in [0, 0.05) is 5.56 Å². The molecular formula is C18H16N2O3. The topological polar surface area (TPSA) is 70.0 Å². The Bertz CT molecular complexity index is 759. The first-order valence-corrected chi connectivity index (χ1v) is 8.02. The molecule has 3 fully saturated rings. The monoisotopic (exact) mass is 308 g/mol. The zero-order chi connectivity index (χ0) is 15.8. The van der Waals surface area contributed by atoms with Crippen molar-refractivity contribution in [2.75, 3.05) is 0 Å². The van der Waals surface area contributed by atoms with Crippen molar-refractivity contribution >= 4 is 18.0 Å². The summed E-state index contributed by atoms with van der Waals surface area (Å²) in [6, 6.07) is 6.71. The highest BCUT2D eigenvalue weighted by atomic mass is 16.3. The van der Waals surface area contributed by atoms with Gasteiger partial charge in [0.15, 0.2) is 0 Å². The number of phenolic OH excluding ortho intramolecular Hbond substituents is 1. The highest BCUT2D eigenvalue weighted by molar-refractivity contribution is 6.07. The SMILES string of the molecule is O=C1[C@@H]2[C@H](C(=O)N1/N=C\c1ccccc1O)[C@@H]1C=C[C@@H]2C12CC2. The van der Waals surface area contributed by atoms with Crippen molar-refractivity contribution in [3.8, 4) is 5.75 Å². The molecule has 1 aromatic carbocycles. The van der Waals surface area contributed by atoms with E-state index in [0.717, 1.165) is 17.9 Å². The van der Waals surface area contributed by atoms with Crippen molar-refractivity contribution in [1.82, 2.24) is 5.01 Å². The van der Waals surface area contributed by atoms with Gasteiger partial charge in [-0.3, -0.25) is 9.59 Å². The first-order chi connectivity index (χ1) is 11.1. The molecular weight excluding hydrogens is 292 g/mol. The Kier molecular flexibility index (Phi) is 2.33. The highest BCUT2D eigenvalue weighted by Gasteiger charge is 2.73. The van der Waals surface area contributed by atoms with Gasteiger partial charge in [-0.2, -0.15) is 10.1 Å². The number of carbonyl (C=O) groups is 2. The van der Waals surface area contributed by atoms with Crippen LogP contribution in [0.4, 0.5) is 0 Å². The number of rotatable bonds is 2. The molecule has 0 unspecified atom stereocenters. The molecule has 1 aliphatic heterocycles. The molecule has 116 valence electrons. The number of nitrogens with zero attached hydrogens (tertiary/aromatic N) is 2. The fourth-order valence-corrected chi connectivity index (χ4v) is 4.89. The number of para-hydroxylation sites is 1. The maximum Gasteiger partial charge on any atom is 0.254 e. The van der Waals surface area contributed by atoms with Gasteiger partial charge in [0.1, 0.15) is 5.75 Å². The third kappa shape index (κ3) is 1.49. The van der Waals surface area contributed by atoms with Crippen LogP contribution in [0.15, 0.2) is 41.5 Å². The van der Waals surface area contributed by atoms with E-state index in [1.54, 1.807) is 24.3 Å². The van der Waals surface area contributed by atoms with E-state index in [9.17, 15) is 14.7 Å². The number of fused-ring (bicyclic) bond motifs is 3. The van der Waals surface area contributed by atoms with E-state index in [1.807, 2.05) is 0 Å². The molecule has 1 N–H and O–H groups in total. The van der Waals surface area contributed by atoms with Gasteiger partial charge in [-0.25, -0.2) is 0 Å². The summed E-state index contributed by atoms with van der Waals surface area (Å²) >= 11 is 0. The zero-order valence-electron chi connectivity index (χ0n) is 12.4. The van der Waals surface area contributed by atoms with Crippen molar-refractivity contribution in [1.29, 1.82) is 0 Å². The largest absolute Gasteiger partial charge is 0.507 e. The van der Waals surface area contributed by atoms with Crippen LogP contribution >= 0.6 is 0 Å². The van der Waals surface area contributed by atoms with Gasteiger partial charge in [-0.05, 0) is 42.2 Å². The Labute approximate surface area is 133 Å². The molecule has 5 heteroatoms. The van der Waals surface area contributed by atoms with Crippen LogP contribution in [0.2, 0.25) is 0 Å². The summed E-state index contributed by atoms with van der Waals surface area (Å²) in [5.41, 5.74) is 0.693. The lowest BCUT2D eigenvalue weighted by Gasteiger charge is -2.18. The smallest absolute Gasteiger partial charge is 0.254 e. The van der Waals surface area contributed by atoms with Gasteiger partial charge in [-0.15, -0.1) is 0 Å². The summed E-state index contributed by atoms with van der Waals surface area (Å²) < 4.78 is 0. The lowest BCUT2D eigenvalue weighted by Crippen LogP contribution is -2.30.